The molecule has 184 valence electrons. The first-order chi connectivity index (χ1) is 17.5. The van der Waals surface area contributed by atoms with Crippen LogP contribution in [0.1, 0.15) is 39.0 Å². The van der Waals surface area contributed by atoms with Crippen LogP contribution in [0, 0.1) is 6.92 Å². The van der Waals surface area contributed by atoms with Crippen LogP contribution in [0.5, 0.6) is 0 Å². The van der Waals surface area contributed by atoms with E-state index in [1.807, 2.05) is 61.5 Å². The Kier molecular flexibility index (Phi) is 7.97. The van der Waals surface area contributed by atoms with Gasteiger partial charge in [-0.2, -0.15) is 0 Å². The van der Waals surface area contributed by atoms with Crippen LogP contribution in [-0.2, 0) is 22.7 Å². The lowest BCUT2D eigenvalue weighted by molar-refractivity contribution is -0.141. The molecule has 0 spiro atoms. The Morgan fingerprint density at radius 2 is 1.56 bits per heavy atom. The van der Waals surface area contributed by atoms with Crippen molar-refractivity contribution in [3.8, 4) is 0 Å². The van der Waals surface area contributed by atoms with Gasteiger partial charge in [0.2, 0.25) is 11.8 Å². The molecule has 3 amide bonds. The van der Waals surface area contributed by atoms with Crippen molar-refractivity contribution in [1.29, 1.82) is 0 Å². The van der Waals surface area contributed by atoms with Crippen LogP contribution in [0.2, 0.25) is 0 Å². The van der Waals surface area contributed by atoms with E-state index < -0.39 is 17.9 Å². The highest BCUT2D eigenvalue weighted by atomic mass is 16.3. The highest BCUT2D eigenvalue weighted by molar-refractivity contribution is 5.95. The molecule has 2 N–H and O–H groups in total. The standard InChI is InChI=1S/C28H27N3O5/c1-20-11-13-22(14-12-20)26(28(34)29-17-23-9-5-15-35-23)31(19-21-7-3-2-4-8-21)25(32)18-30-27(33)24-10-6-16-36-24/h2-16,26H,17-19H2,1H3,(H,29,34)(H,30,33)/t26-/m0/s1. The normalized spacial score (nSPS) is 11.5. The van der Waals surface area contributed by atoms with Crippen molar-refractivity contribution in [3.63, 3.8) is 0 Å². The molecule has 8 heteroatoms. The number of hydrogen-bond donors (Lipinski definition) is 2. The number of furan rings is 2. The Morgan fingerprint density at radius 1 is 0.833 bits per heavy atom. The van der Waals surface area contributed by atoms with Crippen LogP contribution in [0.15, 0.2) is 100 Å². The second kappa shape index (κ2) is 11.7. The topological polar surface area (TPSA) is 105 Å². The third kappa shape index (κ3) is 6.29. The smallest absolute Gasteiger partial charge is 0.287 e. The molecule has 0 aliphatic heterocycles. The van der Waals surface area contributed by atoms with Crippen molar-refractivity contribution in [3.05, 3.63) is 120 Å². The van der Waals surface area contributed by atoms with E-state index in [0.717, 1.165) is 11.1 Å². The van der Waals surface area contributed by atoms with Crippen molar-refractivity contribution >= 4 is 17.7 Å². The van der Waals surface area contributed by atoms with Crippen molar-refractivity contribution in [1.82, 2.24) is 15.5 Å². The van der Waals surface area contributed by atoms with Gasteiger partial charge in [0.25, 0.3) is 5.91 Å². The molecule has 0 saturated carbocycles. The van der Waals surface area contributed by atoms with E-state index in [0.29, 0.717) is 11.3 Å². The molecule has 4 aromatic rings. The van der Waals surface area contributed by atoms with Gasteiger partial charge in [-0.1, -0.05) is 60.2 Å². The minimum atomic E-state index is -0.936. The molecule has 0 bridgehead atoms. The monoisotopic (exact) mass is 485 g/mol. The number of carbonyl (C=O) groups is 3. The molecule has 2 aromatic heterocycles. The Balaban J connectivity index is 1.62. The summed E-state index contributed by atoms with van der Waals surface area (Å²) < 4.78 is 10.4. The number of hydrogen-bond acceptors (Lipinski definition) is 5. The summed E-state index contributed by atoms with van der Waals surface area (Å²) in [7, 11) is 0. The summed E-state index contributed by atoms with van der Waals surface area (Å²) >= 11 is 0. The van der Waals surface area contributed by atoms with Gasteiger partial charge in [-0.15, -0.1) is 0 Å². The number of aryl methyl sites for hydroxylation is 1. The van der Waals surface area contributed by atoms with E-state index in [4.69, 9.17) is 8.83 Å². The molecular weight excluding hydrogens is 458 g/mol. The number of amides is 3. The van der Waals surface area contributed by atoms with Crippen LogP contribution >= 0.6 is 0 Å². The van der Waals surface area contributed by atoms with Gasteiger partial charge in [0.05, 0.1) is 25.6 Å². The van der Waals surface area contributed by atoms with Crippen LogP contribution < -0.4 is 10.6 Å². The average molecular weight is 486 g/mol. The van der Waals surface area contributed by atoms with E-state index in [9.17, 15) is 14.4 Å². The number of rotatable bonds is 10. The molecule has 1 atom stereocenters. The first-order valence-corrected chi connectivity index (χ1v) is 11.5. The van der Waals surface area contributed by atoms with Gasteiger partial charge in [0, 0.05) is 6.54 Å². The summed E-state index contributed by atoms with van der Waals surface area (Å²) in [6.45, 7) is 1.99. The van der Waals surface area contributed by atoms with Crippen LogP contribution in [0.4, 0.5) is 0 Å². The van der Waals surface area contributed by atoms with E-state index >= 15 is 0 Å². The van der Waals surface area contributed by atoms with Crippen LogP contribution in [-0.4, -0.2) is 29.2 Å². The fourth-order valence-corrected chi connectivity index (χ4v) is 3.76. The minimum Gasteiger partial charge on any atom is -0.467 e. The lowest BCUT2D eigenvalue weighted by Crippen LogP contribution is -2.46. The number of benzene rings is 2. The molecular formula is C28H27N3O5. The molecule has 0 aliphatic carbocycles. The van der Waals surface area contributed by atoms with Crippen molar-refractivity contribution < 1.29 is 23.2 Å². The summed E-state index contributed by atoms with van der Waals surface area (Å²) in [5, 5.41) is 5.47. The average Bonchev–Trinajstić information content (AvgIpc) is 3.62. The van der Waals surface area contributed by atoms with Gasteiger partial charge in [-0.05, 0) is 42.3 Å². The molecule has 0 fully saturated rings. The maximum atomic E-state index is 13.5. The molecule has 2 heterocycles. The Hall–Kier alpha value is -4.59. The fraction of sp³-hybridized carbons (Fsp3) is 0.179. The summed E-state index contributed by atoms with van der Waals surface area (Å²) in [4.78, 5) is 40.9. The van der Waals surface area contributed by atoms with Gasteiger partial charge in [-0.25, -0.2) is 0 Å². The van der Waals surface area contributed by atoms with Gasteiger partial charge in [-0.3, -0.25) is 14.4 Å². The Labute approximate surface area is 208 Å². The minimum absolute atomic E-state index is 0.101. The molecule has 0 aliphatic rings. The lowest BCUT2D eigenvalue weighted by Gasteiger charge is -2.31. The second-order valence-corrected chi connectivity index (χ2v) is 8.28. The van der Waals surface area contributed by atoms with Gasteiger partial charge < -0.3 is 24.4 Å². The zero-order valence-electron chi connectivity index (χ0n) is 19.8. The molecule has 0 radical (unpaired) electrons. The summed E-state index contributed by atoms with van der Waals surface area (Å²) in [5.74, 6) is -0.599. The third-order valence-corrected chi connectivity index (χ3v) is 5.63. The SMILES string of the molecule is Cc1ccc([C@@H](C(=O)NCc2ccco2)N(Cc2ccccc2)C(=O)CNC(=O)c2ccco2)cc1. The lowest BCUT2D eigenvalue weighted by atomic mass is 10.0. The van der Waals surface area contributed by atoms with Gasteiger partial charge >= 0.3 is 0 Å². The largest absolute Gasteiger partial charge is 0.467 e. The summed E-state index contributed by atoms with van der Waals surface area (Å²) in [6.07, 6.45) is 2.92. The Morgan fingerprint density at radius 3 is 2.22 bits per heavy atom. The van der Waals surface area contributed by atoms with Crippen molar-refractivity contribution in [2.24, 2.45) is 0 Å². The van der Waals surface area contributed by atoms with Crippen LogP contribution in [0.3, 0.4) is 0 Å². The van der Waals surface area contributed by atoms with E-state index in [2.05, 4.69) is 10.6 Å². The van der Waals surface area contributed by atoms with Gasteiger partial charge in [0.1, 0.15) is 11.8 Å². The predicted octanol–water partition coefficient (Wildman–Crippen LogP) is 4.00. The van der Waals surface area contributed by atoms with Crippen LogP contribution in [0.25, 0.3) is 0 Å². The van der Waals surface area contributed by atoms with E-state index in [-0.39, 0.29) is 31.3 Å². The Bertz CT molecular complexity index is 1270. The zero-order valence-corrected chi connectivity index (χ0v) is 19.8. The number of nitrogens with zero attached hydrogens (tertiary/aromatic N) is 1. The molecule has 0 saturated heterocycles. The number of carbonyl (C=O) groups excluding carboxylic acids is 3. The fourth-order valence-electron chi connectivity index (χ4n) is 3.76. The van der Waals surface area contributed by atoms with Gasteiger partial charge in [0.15, 0.2) is 5.76 Å². The number of nitrogens with one attached hydrogen (secondary N) is 2. The predicted molar refractivity (Wildman–Crippen MR) is 133 cm³/mol. The van der Waals surface area contributed by atoms with Crippen molar-refractivity contribution in [2.45, 2.75) is 26.1 Å². The van der Waals surface area contributed by atoms with E-state index in [1.54, 1.807) is 18.2 Å². The highest BCUT2D eigenvalue weighted by Crippen LogP contribution is 2.25. The first kappa shape index (κ1) is 24.5. The maximum absolute atomic E-state index is 13.5. The molecule has 36 heavy (non-hydrogen) atoms. The highest BCUT2D eigenvalue weighted by Gasteiger charge is 2.32. The quantitative estimate of drug-likeness (QED) is 0.353. The zero-order chi connectivity index (χ0) is 25.3. The van der Waals surface area contributed by atoms with E-state index in [1.165, 1.54) is 23.5 Å². The summed E-state index contributed by atoms with van der Waals surface area (Å²) in [6, 6.07) is 22.5. The maximum Gasteiger partial charge on any atom is 0.287 e. The molecule has 8 nitrogen and oxygen atoms in total. The van der Waals surface area contributed by atoms with Crippen molar-refractivity contribution in [2.75, 3.05) is 6.54 Å². The molecule has 0 unspecified atom stereocenters. The summed E-state index contributed by atoms with van der Waals surface area (Å²) in [5.41, 5.74) is 2.53. The molecule has 4 rings (SSSR count). The second-order valence-electron chi connectivity index (χ2n) is 8.28. The molecule has 2 aromatic carbocycles. The first-order valence-electron chi connectivity index (χ1n) is 11.5. The third-order valence-electron chi connectivity index (χ3n) is 5.63.